The van der Waals surface area contributed by atoms with Gasteiger partial charge in [-0.25, -0.2) is 0 Å². The predicted octanol–water partition coefficient (Wildman–Crippen LogP) is 2.91. The molecule has 0 heterocycles. The molecule has 17 heavy (non-hydrogen) atoms. The number of benzene rings is 1. The summed E-state index contributed by atoms with van der Waals surface area (Å²) in [6, 6.07) is 6.88. The minimum atomic E-state index is -2.79. The summed E-state index contributed by atoms with van der Waals surface area (Å²) in [5.74, 6) is 0.202. The third-order valence-corrected chi connectivity index (χ3v) is 3.87. The lowest BCUT2D eigenvalue weighted by Gasteiger charge is -2.19. The summed E-state index contributed by atoms with van der Waals surface area (Å²) in [5.41, 5.74) is 6.87. The number of hydrogen-bond donors (Lipinski definition) is 1. The van der Waals surface area contributed by atoms with E-state index in [1.165, 1.54) is 6.07 Å². The van der Waals surface area contributed by atoms with Gasteiger partial charge in [0.25, 0.3) is 0 Å². The summed E-state index contributed by atoms with van der Waals surface area (Å²) in [7, 11) is 0. The van der Waals surface area contributed by atoms with Gasteiger partial charge in [0.05, 0.1) is 0 Å². The van der Waals surface area contributed by atoms with E-state index >= 15 is 0 Å². The number of rotatable bonds is 4. The van der Waals surface area contributed by atoms with Crippen LogP contribution in [0.15, 0.2) is 24.3 Å². The number of halogens is 2. The van der Waals surface area contributed by atoms with E-state index in [9.17, 15) is 8.78 Å². The summed E-state index contributed by atoms with van der Waals surface area (Å²) in [6.07, 6.45) is 0.981. The van der Waals surface area contributed by atoms with Crippen molar-refractivity contribution in [2.24, 2.45) is 11.1 Å². The Labute approximate surface area is 99.8 Å². The molecule has 1 aromatic carbocycles. The minimum Gasteiger partial charge on any atom is -0.435 e. The van der Waals surface area contributed by atoms with Gasteiger partial charge in [-0.2, -0.15) is 8.78 Å². The molecule has 1 aromatic rings. The van der Waals surface area contributed by atoms with Gasteiger partial charge in [-0.05, 0) is 29.5 Å². The minimum absolute atomic E-state index is 0.0888. The summed E-state index contributed by atoms with van der Waals surface area (Å²) >= 11 is 0. The molecule has 0 aliphatic heterocycles. The second-order valence-electron chi connectivity index (χ2n) is 5.25. The highest BCUT2D eigenvalue weighted by molar-refractivity contribution is 5.41. The Hall–Kier alpha value is -1.16. The van der Waals surface area contributed by atoms with E-state index in [4.69, 9.17) is 5.73 Å². The molecule has 94 valence electrons. The first kappa shape index (κ1) is 12.3. The molecule has 1 aliphatic rings. The van der Waals surface area contributed by atoms with Gasteiger partial charge in [0.15, 0.2) is 0 Å². The Kier molecular flexibility index (Phi) is 2.86. The van der Waals surface area contributed by atoms with Crippen LogP contribution in [0.2, 0.25) is 0 Å². The average Bonchev–Trinajstić information content (AvgIpc) is 2.82. The van der Waals surface area contributed by atoms with Crippen LogP contribution in [0.5, 0.6) is 5.75 Å². The monoisotopic (exact) mass is 241 g/mol. The normalized spacial score (nSPS) is 26.0. The van der Waals surface area contributed by atoms with E-state index in [1.807, 2.05) is 6.07 Å². The molecule has 4 heteroatoms. The molecule has 2 nitrogen and oxygen atoms in total. The lowest BCUT2D eigenvalue weighted by Crippen LogP contribution is -2.25. The third-order valence-electron chi connectivity index (χ3n) is 3.87. The van der Waals surface area contributed by atoms with E-state index in [0.717, 1.165) is 12.0 Å². The van der Waals surface area contributed by atoms with Crippen LogP contribution < -0.4 is 10.5 Å². The fourth-order valence-electron chi connectivity index (χ4n) is 2.64. The van der Waals surface area contributed by atoms with Gasteiger partial charge >= 0.3 is 6.61 Å². The molecule has 0 saturated heterocycles. The summed E-state index contributed by atoms with van der Waals surface area (Å²) in [5, 5.41) is 0. The second kappa shape index (κ2) is 3.95. The van der Waals surface area contributed by atoms with Crippen molar-refractivity contribution in [2.75, 3.05) is 6.54 Å². The van der Waals surface area contributed by atoms with Crippen LogP contribution in [-0.2, 0) is 5.41 Å². The van der Waals surface area contributed by atoms with Gasteiger partial charge in [-0.15, -0.1) is 0 Å². The van der Waals surface area contributed by atoms with E-state index in [1.54, 1.807) is 12.1 Å². The maximum atomic E-state index is 12.2. The highest BCUT2D eigenvalue weighted by Crippen LogP contribution is 2.63. The van der Waals surface area contributed by atoms with Crippen molar-refractivity contribution in [3.8, 4) is 5.75 Å². The fraction of sp³-hybridized carbons (Fsp3) is 0.538. The quantitative estimate of drug-likeness (QED) is 0.879. The van der Waals surface area contributed by atoms with Crippen molar-refractivity contribution >= 4 is 0 Å². The molecule has 0 radical (unpaired) electrons. The van der Waals surface area contributed by atoms with E-state index in [-0.39, 0.29) is 16.6 Å². The van der Waals surface area contributed by atoms with Crippen LogP contribution >= 0.6 is 0 Å². The number of nitrogens with two attached hydrogens (primary N) is 1. The molecular formula is C13H17F2NO. The van der Waals surface area contributed by atoms with Gasteiger partial charge in [-0.1, -0.05) is 26.0 Å². The Morgan fingerprint density at radius 1 is 1.41 bits per heavy atom. The van der Waals surface area contributed by atoms with Crippen LogP contribution in [0.25, 0.3) is 0 Å². The lowest BCUT2D eigenvalue weighted by molar-refractivity contribution is -0.0499. The number of ether oxygens (including phenoxy) is 1. The van der Waals surface area contributed by atoms with Gasteiger partial charge in [-0.3, -0.25) is 0 Å². The lowest BCUT2D eigenvalue weighted by atomic mass is 9.88. The first-order chi connectivity index (χ1) is 7.91. The Balaban J connectivity index is 2.28. The van der Waals surface area contributed by atoms with Crippen molar-refractivity contribution < 1.29 is 13.5 Å². The molecule has 2 rings (SSSR count). The first-order valence-corrected chi connectivity index (χ1v) is 5.67. The van der Waals surface area contributed by atoms with Crippen LogP contribution in [0, 0.1) is 5.41 Å². The van der Waals surface area contributed by atoms with Gasteiger partial charge in [0, 0.05) is 12.0 Å². The SMILES string of the molecule is CC1(C)CC1(CN)c1cccc(OC(F)F)c1. The largest absolute Gasteiger partial charge is 0.435 e. The molecule has 1 fully saturated rings. The first-order valence-electron chi connectivity index (χ1n) is 5.67. The zero-order valence-electron chi connectivity index (χ0n) is 10.0. The molecular weight excluding hydrogens is 224 g/mol. The molecule has 0 aromatic heterocycles. The molecule has 1 saturated carbocycles. The van der Waals surface area contributed by atoms with Crippen molar-refractivity contribution in [2.45, 2.75) is 32.3 Å². The van der Waals surface area contributed by atoms with E-state index < -0.39 is 6.61 Å². The standard InChI is InChI=1S/C13H17F2NO/c1-12(2)7-13(12,8-16)9-4-3-5-10(6-9)17-11(14)15/h3-6,11H,7-8,16H2,1-2H3. The summed E-state index contributed by atoms with van der Waals surface area (Å²) in [6.45, 7) is 2.02. The summed E-state index contributed by atoms with van der Waals surface area (Å²) in [4.78, 5) is 0. The van der Waals surface area contributed by atoms with Crippen LogP contribution in [0.1, 0.15) is 25.8 Å². The van der Waals surface area contributed by atoms with Crippen molar-refractivity contribution in [1.82, 2.24) is 0 Å². The second-order valence-corrected chi connectivity index (χ2v) is 5.25. The zero-order valence-corrected chi connectivity index (χ0v) is 10.0. The van der Waals surface area contributed by atoms with E-state index in [2.05, 4.69) is 18.6 Å². The molecule has 0 spiro atoms. The number of hydrogen-bond acceptors (Lipinski definition) is 2. The average molecular weight is 241 g/mol. The van der Waals surface area contributed by atoms with Crippen LogP contribution in [0.4, 0.5) is 8.78 Å². The smallest absolute Gasteiger partial charge is 0.387 e. The maximum absolute atomic E-state index is 12.2. The Bertz CT molecular complexity index is 420. The van der Waals surface area contributed by atoms with Crippen LogP contribution in [-0.4, -0.2) is 13.2 Å². The molecule has 1 unspecified atom stereocenters. The van der Waals surface area contributed by atoms with Crippen LogP contribution in [0.3, 0.4) is 0 Å². The topological polar surface area (TPSA) is 35.2 Å². The van der Waals surface area contributed by atoms with Crippen molar-refractivity contribution in [1.29, 1.82) is 0 Å². The maximum Gasteiger partial charge on any atom is 0.387 e. The Morgan fingerprint density at radius 3 is 2.53 bits per heavy atom. The molecule has 1 atom stereocenters. The highest BCUT2D eigenvalue weighted by atomic mass is 19.3. The van der Waals surface area contributed by atoms with Crippen molar-refractivity contribution in [3.63, 3.8) is 0 Å². The molecule has 0 amide bonds. The summed E-state index contributed by atoms with van der Waals surface area (Å²) < 4.78 is 28.7. The van der Waals surface area contributed by atoms with Gasteiger partial charge < -0.3 is 10.5 Å². The zero-order chi connectivity index (χ0) is 12.7. The molecule has 2 N–H and O–H groups in total. The van der Waals surface area contributed by atoms with E-state index in [0.29, 0.717) is 6.54 Å². The Morgan fingerprint density at radius 2 is 2.06 bits per heavy atom. The molecule has 0 bridgehead atoms. The van der Waals surface area contributed by atoms with Gasteiger partial charge in [0.2, 0.25) is 0 Å². The number of alkyl halides is 2. The predicted molar refractivity (Wildman–Crippen MR) is 62.2 cm³/mol. The highest BCUT2D eigenvalue weighted by Gasteiger charge is 2.60. The van der Waals surface area contributed by atoms with Crippen molar-refractivity contribution in [3.05, 3.63) is 29.8 Å². The third kappa shape index (κ3) is 2.02. The fourth-order valence-corrected chi connectivity index (χ4v) is 2.64. The molecule has 1 aliphatic carbocycles. The van der Waals surface area contributed by atoms with Gasteiger partial charge in [0.1, 0.15) is 5.75 Å².